The van der Waals surface area contributed by atoms with E-state index < -0.39 is 0 Å². The highest BCUT2D eigenvalue weighted by Gasteiger charge is 2.39. The number of aromatic nitrogens is 3. The third-order valence-corrected chi connectivity index (χ3v) is 4.95. The monoisotopic (exact) mass is 329 g/mol. The third kappa shape index (κ3) is 3.18. The van der Waals surface area contributed by atoms with Crippen LogP contribution >= 0.6 is 0 Å². The molecule has 3 rings (SSSR count). The molecule has 0 saturated carbocycles. The van der Waals surface area contributed by atoms with Crippen molar-refractivity contribution in [1.82, 2.24) is 14.8 Å². The van der Waals surface area contributed by atoms with Crippen LogP contribution in [-0.4, -0.2) is 34.1 Å². The van der Waals surface area contributed by atoms with Crippen molar-refractivity contribution < 1.29 is 9.47 Å². The van der Waals surface area contributed by atoms with Gasteiger partial charge in [-0.25, -0.2) is 9.67 Å². The minimum atomic E-state index is -0.0138. The average molecular weight is 329 g/mol. The van der Waals surface area contributed by atoms with Crippen LogP contribution in [0.3, 0.4) is 0 Å². The van der Waals surface area contributed by atoms with Crippen molar-refractivity contribution in [3.05, 3.63) is 42.5 Å². The van der Waals surface area contributed by atoms with E-state index in [0.717, 1.165) is 12.2 Å². The Morgan fingerprint density at radius 1 is 1.29 bits per heavy atom. The number of methoxy groups -OCH3 is 1. The van der Waals surface area contributed by atoms with Gasteiger partial charge in [-0.2, -0.15) is 5.10 Å². The fourth-order valence-corrected chi connectivity index (χ4v) is 3.77. The maximum atomic E-state index is 6.24. The van der Waals surface area contributed by atoms with Gasteiger partial charge < -0.3 is 9.47 Å². The Labute approximate surface area is 144 Å². The lowest BCUT2D eigenvalue weighted by Gasteiger charge is -2.37. The lowest BCUT2D eigenvalue weighted by Crippen LogP contribution is -2.40. The lowest BCUT2D eigenvalue weighted by molar-refractivity contribution is -0.0366. The molecule has 0 N–H and O–H groups in total. The van der Waals surface area contributed by atoms with Gasteiger partial charge in [-0.1, -0.05) is 45.9 Å². The summed E-state index contributed by atoms with van der Waals surface area (Å²) in [6, 6.07) is 8.37. The molecule has 2 aromatic rings. The van der Waals surface area contributed by atoms with Gasteiger partial charge in [-0.15, -0.1) is 0 Å². The van der Waals surface area contributed by atoms with Crippen LogP contribution in [0, 0.1) is 5.41 Å². The van der Waals surface area contributed by atoms with Gasteiger partial charge >= 0.3 is 0 Å². The van der Waals surface area contributed by atoms with E-state index in [-0.39, 0.29) is 23.7 Å². The van der Waals surface area contributed by atoms with Gasteiger partial charge in [0.25, 0.3) is 0 Å². The predicted molar refractivity (Wildman–Crippen MR) is 93.2 cm³/mol. The molecule has 0 fully saturated rings. The van der Waals surface area contributed by atoms with E-state index in [0.29, 0.717) is 5.92 Å². The van der Waals surface area contributed by atoms with E-state index in [1.165, 1.54) is 5.56 Å². The highest BCUT2D eigenvalue weighted by molar-refractivity contribution is 5.40. The highest BCUT2D eigenvalue weighted by atomic mass is 16.5. The van der Waals surface area contributed by atoms with Crippen LogP contribution in [0.2, 0.25) is 0 Å². The van der Waals surface area contributed by atoms with Gasteiger partial charge in [0.15, 0.2) is 0 Å². The minimum Gasteiger partial charge on any atom is -0.489 e. The molecule has 1 aromatic carbocycles. The molecule has 0 aliphatic carbocycles. The largest absolute Gasteiger partial charge is 0.489 e. The van der Waals surface area contributed by atoms with Crippen LogP contribution in [0.15, 0.2) is 36.9 Å². The van der Waals surface area contributed by atoms with Gasteiger partial charge in [0.2, 0.25) is 0 Å². The molecule has 1 aliphatic heterocycles. The second kappa shape index (κ2) is 6.55. The van der Waals surface area contributed by atoms with Crippen LogP contribution in [0.1, 0.15) is 51.6 Å². The summed E-state index contributed by atoms with van der Waals surface area (Å²) in [7, 11) is 1.77. The van der Waals surface area contributed by atoms with Crippen molar-refractivity contribution in [2.75, 3.05) is 7.11 Å². The van der Waals surface area contributed by atoms with Crippen LogP contribution < -0.4 is 4.74 Å². The molecule has 0 bridgehead atoms. The highest BCUT2D eigenvalue weighted by Crippen LogP contribution is 2.42. The molecule has 1 aliphatic rings. The third-order valence-electron chi connectivity index (χ3n) is 4.95. The Kier molecular flexibility index (Phi) is 4.63. The van der Waals surface area contributed by atoms with E-state index in [9.17, 15) is 0 Å². The van der Waals surface area contributed by atoms with Gasteiger partial charge in [-0.3, -0.25) is 0 Å². The van der Waals surface area contributed by atoms with Gasteiger partial charge in [-0.05, 0) is 11.5 Å². The average Bonchev–Trinajstić information content (AvgIpc) is 3.15. The normalized spacial score (nSPS) is 22.7. The van der Waals surface area contributed by atoms with E-state index in [1.807, 2.05) is 16.8 Å². The second-order valence-electron chi connectivity index (χ2n) is 7.68. The van der Waals surface area contributed by atoms with Crippen LogP contribution in [0.5, 0.6) is 5.75 Å². The smallest absolute Gasteiger partial charge is 0.137 e. The topological polar surface area (TPSA) is 49.2 Å². The fraction of sp³-hybridized carbons (Fsp3) is 0.579. The zero-order valence-electron chi connectivity index (χ0n) is 15.1. The summed E-state index contributed by atoms with van der Waals surface area (Å²) in [5.41, 5.74) is 1.27. The number of hydrogen-bond donors (Lipinski definition) is 0. The summed E-state index contributed by atoms with van der Waals surface area (Å²) in [6.45, 7) is 8.81. The number of fused-ring (bicyclic) bond motifs is 1. The first-order valence-corrected chi connectivity index (χ1v) is 8.54. The maximum absolute atomic E-state index is 6.24. The SMILES string of the molecule is COC(C(CC1Oc2ccccc2C1C)n1cncn1)C(C)(C)C. The molecule has 5 heteroatoms. The van der Waals surface area contributed by atoms with Crippen LogP contribution in [-0.2, 0) is 4.74 Å². The van der Waals surface area contributed by atoms with Crippen molar-refractivity contribution in [3.63, 3.8) is 0 Å². The van der Waals surface area contributed by atoms with E-state index in [1.54, 1.807) is 19.8 Å². The van der Waals surface area contributed by atoms with Crippen molar-refractivity contribution in [2.24, 2.45) is 5.41 Å². The zero-order chi connectivity index (χ0) is 17.3. The van der Waals surface area contributed by atoms with Gasteiger partial charge in [0, 0.05) is 25.0 Å². The molecule has 1 aromatic heterocycles. The Bertz CT molecular complexity index is 664. The summed E-state index contributed by atoms with van der Waals surface area (Å²) in [5.74, 6) is 1.35. The first kappa shape index (κ1) is 17.0. The molecule has 0 saturated heterocycles. The molecule has 4 unspecified atom stereocenters. The Morgan fingerprint density at radius 2 is 2.04 bits per heavy atom. The van der Waals surface area contributed by atoms with Gasteiger partial charge in [0.1, 0.15) is 24.5 Å². The van der Waals surface area contributed by atoms with Crippen molar-refractivity contribution in [1.29, 1.82) is 0 Å². The van der Waals surface area contributed by atoms with Crippen molar-refractivity contribution in [3.8, 4) is 5.75 Å². The quantitative estimate of drug-likeness (QED) is 0.836. The molecule has 5 nitrogen and oxygen atoms in total. The molecule has 2 heterocycles. The first-order valence-electron chi connectivity index (χ1n) is 8.54. The standard InChI is InChI=1S/C19H27N3O2/c1-13-14-8-6-7-9-16(14)24-17(13)10-15(22-12-20-11-21-22)18(23-5)19(2,3)4/h6-9,11-13,15,17-18H,10H2,1-5H3. The van der Waals surface area contributed by atoms with Gasteiger partial charge in [0.05, 0.1) is 12.1 Å². The number of para-hydroxylation sites is 1. The molecule has 0 amide bonds. The summed E-state index contributed by atoms with van der Waals surface area (Å²) in [4.78, 5) is 4.13. The van der Waals surface area contributed by atoms with Crippen LogP contribution in [0.25, 0.3) is 0 Å². The van der Waals surface area contributed by atoms with E-state index in [2.05, 4.69) is 49.9 Å². The Hall–Kier alpha value is -1.88. The molecule has 130 valence electrons. The molecule has 24 heavy (non-hydrogen) atoms. The second-order valence-corrected chi connectivity index (χ2v) is 7.68. The number of ether oxygens (including phenoxy) is 2. The van der Waals surface area contributed by atoms with Crippen molar-refractivity contribution in [2.45, 2.75) is 58.3 Å². The summed E-state index contributed by atoms with van der Waals surface area (Å²) < 4.78 is 14.0. The zero-order valence-corrected chi connectivity index (χ0v) is 15.1. The summed E-state index contributed by atoms with van der Waals surface area (Å²) in [5, 5.41) is 4.39. The number of nitrogens with zero attached hydrogens (tertiary/aromatic N) is 3. The van der Waals surface area contributed by atoms with E-state index in [4.69, 9.17) is 9.47 Å². The molecular formula is C19H27N3O2. The summed E-state index contributed by atoms with van der Waals surface area (Å²) in [6.07, 6.45) is 4.30. The van der Waals surface area contributed by atoms with E-state index >= 15 is 0 Å². The number of rotatable bonds is 5. The molecular weight excluding hydrogens is 302 g/mol. The maximum Gasteiger partial charge on any atom is 0.137 e. The molecule has 4 atom stereocenters. The Balaban J connectivity index is 1.86. The minimum absolute atomic E-state index is 0.0127. The molecule has 0 radical (unpaired) electrons. The van der Waals surface area contributed by atoms with Crippen molar-refractivity contribution >= 4 is 0 Å². The number of benzene rings is 1. The van der Waals surface area contributed by atoms with Crippen LogP contribution in [0.4, 0.5) is 0 Å². The predicted octanol–water partition coefficient (Wildman–Crippen LogP) is 3.84. The lowest BCUT2D eigenvalue weighted by atomic mass is 9.81. The molecule has 0 spiro atoms. The Morgan fingerprint density at radius 3 is 2.62 bits per heavy atom. The summed E-state index contributed by atoms with van der Waals surface area (Å²) >= 11 is 0. The fourth-order valence-electron chi connectivity index (χ4n) is 3.77. The first-order chi connectivity index (χ1) is 11.4. The number of hydrogen-bond acceptors (Lipinski definition) is 4.